The van der Waals surface area contributed by atoms with Crippen LogP contribution in [0.5, 0.6) is 11.5 Å². The number of unbranched alkanes of at least 4 members (excludes halogenated alkanes) is 4. The molecule has 0 aromatic heterocycles. The number of nitrogens with one attached hydrogen (secondary N) is 2. The van der Waals surface area contributed by atoms with Crippen LogP contribution in [0.25, 0.3) is 0 Å². The number of hydrogen-bond acceptors (Lipinski definition) is 8. The average Bonchev–Trinajstić information content (AvgIpc) is 3.07. The second kappa shape index (κ2) is 19.7. The van der Waals surface area contributed by atoms with Crippen molar-refractivity contribution in [1.29, 1.82) is 0 Å². The molecule has 3 atom stereocenters. The van der Waals surface area contributed by atoms with Crippen molar-refractivity contribution in [2.45, 2.75) is 123 Å². The quantitative estimate of drug-likeness (QED) is 0.0844. The lowest BCUT2D eigenvalue weighted by molar-refractivity contribution is -0.159. The van der Waals surface area contributed by atoms with E-state index in [1.54, 1.807) is 71.9 Å². The number of nitrogens with zero attached hydrogens (tertiary/aromatic N) is 1. The van der Waals surface area contributed by atoms with Gasteiger partial charge in [0.2, 0.25) is 11.8 Å². The Bertz CT molecular complexity index is 1630. The van der Waals surface area contributed by atoms with Gasteiger partial charge in [-0.05, 0) is 77.3 Å². The summed E-state index contributed by atoms with van der Waals surface area (Å²) < 4.78 is 11.3. The van der Waals surface area contributed by atoms with Gasteiger partial charge in [0, 0.05) is 24.9 Å². The van der Waals surface area contributed by atoms with Crippen molar-refractivity contribution in [2.75, 3.05) is 6.54 Å². The van der Waals surface area contributed by atoms with Crippen LogP contribution in [0.15, 0.2) is 78.9 Å². The van der Waals surface area contributed by atoms with Crippen molar-refractivity contribution in [3.8, 4) is 11.5 Å². The minimum absolute atomic E-state index is 0.00828. The lowest BCUT2D eigenvalue weighted by Crippen LogP contribution is -2.55. The number of aromatic hydroxyl groups is 2. The number of rotatable bonds is 17. The number of phenolic OH excluding ortho intramolecular Hbond substituents is 2. The van der Waals surface area contributed by atoms with E-state index in [0.29, 0.717) is 12.0 Å². The first kappa shape index (κ1) is 42.4. The summed E-state index contributed by atoms with van der Waals surface area (Å²) in [6, 6.07) is 18.0. The predicted molar refractivity (Wildman–Crippen MR) is 204 cm³/mol. The van der Waals surface area contributed by atoms with E-state index in [-0.39, 0.29) is 36.4 Å². The number of para-hydroxylation sites is 1. The molecule has 3 unspecified atom stereocenters. The number of carbonyl (C=O) groups is 4. The van der Waals surface area contributed by atoms with E-state index in [9.17, 15) is 29.4 Å². The fourth-order valence-corrected chi connectivity index (χ4v) is 5.81. The smallest absolute Gasteiger partial charge is 0.408 e. The number of hydrogen-bond donors (Lipinski definition) is 4. The molecule has 3 rings (SSSR count). The molecule has 3 aromatic carbocycles. The van der Waals surface area contributed by atoms with Crippen LogP contribution in [0.4, 0.5) is 4.79 Å². The third kappa shape index (κ3) is 14.5. The molecule has 0 radical (unpaired) electrons. The maximum Gasteiger partial charge on any atom is 0.408 e. The minimum Gasteiger partial charge on any atom is -0.508 e. The van der Waals surface area contributed by atoms with E-state index in [0.717, 1.165) is 31.2 Å². The van der Waals surface area contributed by atoms with Gasteiger partial charge in [-0.2, -0.15) is 0 Å². The van der Waals surface area contributed by atoms with Gasteiger partial charge in [0.1, 0.15) is 40.8 Å². The molecule has 53 heavy (non-hydrogen) atoms. The molecule has 0 saturated carbocycles. The lowest BCUT2D eigenvalue weighted by atomic mass is 9.98. The molecular formula is C42H57N3O8. The van der Waals surface area contributed by atoms with Gasteiger partial charge in [-0.1, -0.05) is 93.3 Å². The van der Waals surface area contributed by atoms with Crippen molar-refractivity contribution < 1.29 is 38.9 Å². The predicted octanol–water partition coefficient (Wildman–Crippen LogP) is 7.14. The first-order valence-electron chi connectivity index (χ1n) is 18.4. The average molecular weight is 732 g/mol. The van der Waals surface area contributed by atoms with Gasteiger partial charge in [-0.15, -0.1) is 0 Å². The number of amides is 3. The van der Waals surface area contributed by atoms with Crippen LogP contribution < -0.4 is 10.6 Å². The maximum atomic E-state index is 14.9. The molecule has 11 nitrogen and oxygen atoms in total. The first-order valence-corrected chi connectivity index (χ1v) is 18.4. The molecule has 0 aliphatic heterocycles. The molecule has 3 amide bonds. The summed E-state index contributed by atoms with van der Waals surface area (Å²) >= 11 is 0. The van der Waals surface area contributed by atoms with Crippen molar-refractivity contribution in [2.24, 2.45) is 0 Å². The van der Waals surface area contributed by atoms with E-state index in [2.05, 4.69) is 17.6 Å². The summed E-state index contributed by atoms with van der Waals surface area (Å²) in [4.78, 5) is 57.8. The molecule has 0 aliphatic carbocycles. The highest BCUT2D eigenvalue weighted by atomic mass is 16.6. The molecule has 4 N–H and O–H groups in total. The van der Waals surface area contributed by atoms with E-state index >= 15 is 0 Å². The lowest BCUT2D eigenvalue weighted by Gasteiger charge is -2.35. The van der Waals surface area contributed by atoms with Crippen molar-refractivity contribution in [3.05, 3.63) is 95.6 Å². The van der Waals surface area contributed by atoms with Crippen LogP contribution in [-0.4, -0.2) is 68.8 Å². The summed E-state index contributed by atoms with van der Waals surface area (Å²) in [5, 5.41) is 26.7. The van der Waals surface area contributed by atoms with Crippen LogP contribution in [0, 0.1) is 0 Å². The van der Waals surface area contributed by atoms with Gasteiger partial charge in [-0.25, -0.2) is 9.59 Å². The number of benzene rings is 3. The molecule has 0 bridgehead atoms. The molecule has 0 fully saturated rings. The number of alkyl carbamates (subject to hydrolysis) is 1. The zero-order chi connectivity index (χ0) is 39.2. The Labute approximate surface area is 314 Å². The molecule has 288 valence electrons. The fraction of sp³-hybridized carbons (Fsp3) is 0.476. The van der Waals surface area contributed by atoms with E-state index in [1.807, 2.05) is 30.3 Å². The van der Waals surface area contributed by atoms with Crippen LogP contribution in [0.2, 0.25) is 0 Å². The maximum absolute atomic E-state index is 14.9. The van der Waals surface area contributed by atoms with Gasteiger partial charge in [0.25, 0.3) is 0 Å². The fourth-order valence-electron chi connectivity index (χ4n) is 5.81. The molecule has 11 heteroatoms. The molecular weight excluding hydrogens is 674 g/mol. The van der Waals surface area contributed by atoms with Gasteiger partial charge in [-0.3, -0.25) is 9.59 Å². The second-order valence-electron chi connectivity index (χ2n) is 15.3. The van der Waals surface area contributed by atoms with Crippen LogP contribution >= 0.6 is 0 Å². The van der Waals surface area contributed by atoms with Gasteiger partial charge < -0.3 is 35.2 Å². The SMILES string of the molecule is CCCCCCCN(C(=O)C(Cc1ccc(O)cc1)NC(=O)OC(C)(C)C)C(C(=O)NC(Cc1ccccc1)C(=O)OC(C)(C)C)c1ccccc1O. The number of ether oxygens (including phenoxy) is 2. The van der Waals surface area contributed by atoms with Gasteiger partial charge in [0.05, 0.1) is 0 Å². The van der Waals surface area contributed by atoms with Crippen molar-refractivity contribution in [3.63, 3.8) is 0 Å². The molecule has 3 aromatic rings. The Morgan fingerprint density at radius 2 is 1.25 bits per heavy atom. The summed E-state index contributed by atoms with van der Waals surface area (Å²) in [5.74, 6) is -2.14. The monoisotopic (exact) mass is 731 g/mol. The molecule has 0 spiro atoms. The van der Waals surface area contributed by atoms with E-state index in [4.69, 9.17) is 9.47 Å². The largest absolute Gasteiger partial charge is 0.508 e. The highest BCUT2D eigenvalue weighted by molar-refractivity contribution is 5.94. The standard InChI is InChI=1S/C42H57N3O8/c1-8-9-10-11-17-26-45(38(49)33(44-40(51)53-42(5,6)7)27-30-22-24-31(46)25-23-30)36(32-20-15-16-21-35(32)47)37(48)43-34(39(50)52-41(2,3)4)28-29-18-13-12-14-19-29/h12-16,18-25,33-34,36,46-47H,8-11,17,26-28H2,1-7H3,(H,43,48)(H,44,51). The Kier molecular flexibility index (Phi) is 15.7. The van der Waals surface area contributed by atoms with Crippen LogP contribution in [-0.2, 0) is 36.7 Å². The van der Waals surface area contributed by atoms with Crippen molar-refractivity contribution >= 4 is 23.9 Å². The van der Waals surface area contributed by atoms with Crippen LogP contribution in [0.3, 0.4) is 0 Å². The number of carbonyl (C=O) groups excluding carboxylic acids is 4. The first-order chi connectivity index (χ1) is 25.0. The summed E-state index contributed by atoms with van der Waals surface area (Å²) in [6.45, 7) is 12.5. The second-order valence-corrected chi connectivity index (χ2v) is 15.3. The van der Waals surface area contributed by atoms with Gasteiger partial charge in [0.15, 0.2) is 0 Å². The third-order valence-corrected chi connectivity index (χ3v) is 8.23. The summed E-state index contributed by atoms with van der Waals surface area (Å²) in [5.41, 5.74) is -0.139. The van der Waals surface area contributed by atoms with Crippen molar-refractivity contribution in [1.82, 2.24) is 15.5 Å². The highest BCUT2D eigenvalue weighted by Gasteiger charge is 2.39. The third-order valence-electron chi connectivity index (χ3n) is 8.23. The molecule has 0 heterocycles. The normalized spacial score (nSPS) is 13.3. The van der Waals surface area contributed by atoms with E-state index in [1.165, 1.54) is 23.1 Å². The minimum atomic E-state index is -1.40. The molecule has 0 saturated heterocycles. The molecule has 0 aliphatic rings. The summed E-state index contributed by atoms with van der Waals surface area (Å²) in [7, 11) is 0. The topological polar surface area (TPSA) is 154 Å². The Hall–Kier alpha value is -5.06. The highest BCUT2D eigenvalue weighted by Crippen LogP contribution is 2.31. The van der Waals surface area contributed by atoms with Crippen LogP contribution in [0.1, 0.15) is 103 Å². The Balaban J connectivity index is 2.13. The Morgan fingerprint density at radius 1 is 0.679 bits per heavy atom. The number of esters is 1. The Morgan fingerprint density at radius 3 is 1.85 bits per heavy atom. The zero-order valence-corrected chi connectivity index (χ0v) is 32.2. The summed E-state index contributed by atoms with van der Waals surface area (Å²) in [6.07, 6.45) is 3.51. The van der Waals surface area contributed by atoms with E-state index < -0.39 is 53.2 Å². The number of phenols is 2. The van der Waals surface area contributed by atoms with Gasteiger partial charge >= 0.3 is 12.1 Å². The zero-order valence-electron chi connectivity index (χ0n) is 32.2.